The van der Waals surface area contributed by atoms with Crippen LogP contribution in [0.3, 0.4) is 0 Å². The van der Waals surface area contributed by atoms with E-state index >= 15 is 0 Å². The number of nitriles is 1. The van der Waals surface area contributed by atoms with E-state index < -0.39 is 0 Å². The lowest BCUT2D eigenvalue weighted by atomic mass is 10.2. The zero-order valence-corrected chi connectivity index (χ0v) is 18.9. The number of aromatic nitrogens is 5. The Kier molecular flexibility index (Phi) is 5.37. The molecular formula is C27H21N7O. The van der Waals surface area contributed by atoms with Gasteiger partial charge >= 0.3 is 0 Å². The number of fused-ring (bicyclic) bond motifs is 2. The summed E-state index contributed by atoms with van der Waals surface area (Å²) in [5.74, 6) is 0.821. The molecule has 0 bridgehead atoms. The van der Waals surface area contributed by atoms with Crippen LogP contribution in [0.1, 0.15) is 17.1 Å². The van der Waals surface area contributed by atoms with Gasteiger partial charge in [0.2, 0.25) is 0 Å². The molecule has 4 aromatic heterocycles. The highest BCUT2D eigenvalue weighted by atomic mass is 16.5. The molecule has 170 valence electrons. The smallest absolute Gasteiger partial charge is 0.181 e. The van der Waals surface area contributed by atoms with Gasteiger partial charge in [-0.15, -0.1) is 0 Å². The van der Waals surface area contributed by atoms with E-state index in [2.05, 4.69) is 28.1 Å². The predicted molar refractivity (Wildman–Crippen MR) is 135 cm³/mol. The fourth-order valence-electron chi connectivity index (χ4n) is 4.23. The molecule has 0 spiro atoms. The Bertz CT molecular complexity index is 1590. The summed E-state index contributed by atoms with van der Waals surface area (Å²) in [4.78, 5) is 20.8. The number of pyridine rings is 2. The van der Waals surface area contributed by atoms with Crippen LogP contribution >= 0.6 is 0 Å². The van der Waals surface area contributed by atoms with Crippen molar-refractivity contribution in [2.75, 3.05) is 31.2 Å². The SMILES string of the molecule is N#Cc1ccc(-c2cnc(N3CCOCC3)c3nc(/C=C/c4ccc5ccccc5n4)cn23)cn1. The van der Waals surface area contributed by atoms with E-state index in [4.69, 9.17) is 25.0 Å². The van der Waals surface area contributed by atoms with Crippen LogP contribution in [-0.2, 0) is 4.74 Å². The number of imidazole rings is 1. The molecule has 35 heavy (non-hydrogen) atoms. The number of ether oxygens (including phenoxy) is 1. The molecule has 0 aliphatic carbocycles. The van der Waals surface area contributed by atoms with E-state index in [9.17, 15) is 0 Å². The van der Waals surface area contributed by atoms with Crippen molar-refractivity contribution in [2.24, 2.45) is 0 Å². The number of hydrogen-bond donors (Lipinski definition) is 0. The lowest BCUT2D eigenvalue weighted by Crippen LogP contribution is -2.37. The molecule has 8 nitrogen and oxygen atoms in total. The fraction of sp³-hybridized carbons (Fsp3) is 0.148. The first kappa shape index (κ1) is 21.0. The molecule has 0 amide bonds. The highest BCUT2D eigenvalue weighted by Crippen LogP contribution is 2.27. The Morgan fingerprint density at radius 1 is 0.886 bits per heavy atom. The van der Waals surface area contributed by atoms with Gasteiger partial charge in [0, 0.05) is 36.4 Å². The Labute approximate surface area is 201 Å². The van der Waals surface area contributed by atoms with Gasteiger partial charge in [-0.25, -0.2) is 19.9 Å². The van der Waals surface area contributed by atoms with Crippen LogP contribution in [0.4, 0.5) is 5.82 Å². The Balaban J connectivity index is 1.43. The van der Waals surface area contributed by atoms with E-state index in [0.29, 0.717) is 18.9 Å². The molecule has 0 atom stereocenters. The van der Waals surface area contributed by atoms with Crippen molar-refractivity contribution in [3.63, 3.8) is 0 Å². The molecule has 5 heterocycles. The summed E-state index contributed by atoms with van der Waals surface area (Å²) in [6.45, 7) is 2.85. The van der Waals surface area contributed by atoms with Gasteiger partial charge in [-0.05, 0) is 36.4 Å². The topological polar surface area (TPSA) is 92.2 Å². The van der Waals surface area contributed by atoms with E-state index in [1.807, 2.05) is 59.3 Å². The second-order valence-electron chi connectivity index (χ2n) is 8.23. The Morgan fingerprint density at radius 2 is 1.74 bits per heavy atom. The summed E-state index contributed by atoms with van der Waals surface area (Å²) < 4.78 is 7.56. The van der Waals surface area contributed by atoms with Crippen molar-refractivity contribution in [2.45, 2.75) is 0 Å². The predicted octanol–water partition coefficient (Wildman–Crippen LogP) is 4.22. The minimum absolute atomic E-state index is 0.375. The van der Waals surface area contributed by atoms with Crippen molar-refractivity contribution in [1.29, 1.82) is 5.26 Å². The molecule has 5 aromatic rings. The van der Waals surface area contributed by atoms with Gasteiger partial charge in [-0.3, -0.25) is 4.40 Å². The van der Waals surface area contributed by atoms with Gasteiger partial charge in [0.05, 0.1) is 42.0 Å². The Hall–Kier alpha value is -4.61. The Morgan fingerprint density at radius 3 is 2.57 bits per heavy atom. The highest BCUT2D eigenvalue weighted by Gasteiger charge is 2.19. The van der Waals surface area contributed by atoms with Crippen LogP contribution < -0.4 is 4.90 Å². The number of morpholine rings is 1. The van der Waals surface area contributed by atoms with Crippen molar-refractivity contribution in [1.82, 2.24) is 24.3 Å². The molecule has 0 N–H and O–H groups in total. The molecule has 8 heteroatoms. The molecule has 0 unspecified atom stereocenters. The van der Waals surface area contributed by atoms with Gasteiger partial charge in [-0.1, -0.05) is 24.3 Å². The zero-order chi connectivity index (χ0) is 23.6. The van der Waals surface area contributed by atoms with Gasteiger partial charge in [-0.2, -0.15) is 5.26 Å². The summed E-state index contributed by atoms with van der Waals surface area (Å²) in [5, 5.41) is 10.2. The lowest BCUT2D eigenvalue weighted by molar-refractivity contribution is 0.122. The second kappa shape index (κ2) is 8.97. The second-order valence-corrected chi connectivity index (χ2v) is 8.23. The maximum Gasteiger partial charge on any atom is 0.181 e. The molecule has 0 saturated carbocycles. The highest BCUT2D eigenvalue weighted by molar-refractivity contribution is 5.81. The first-order valence-electron chi connectivity index (χ1n) is 11.4. The summed E-state index contributed by atoms with van der Waals surface area (Å²) in [6, 6.07) is 17.8. The van der Waals surface area contributed by atoms with Crippen LogP contribution in [0.15, 0.2) is 67.1 Å². The minimum atomic E-state index is 0.375. The largest absolute Gasteiger partial charge is 0.378 e. The minimum Gasteiger partial charge on any atom is -0.378 e. The summed E-state index contributed by atoms with van der Waals surface area (Å²) >= 11 is 0. The summed E-state index contributed by atoms with van der Waals surface area (Å²) in [6.07, 6.45) is 9.46. The van der Waals surface area contributed by atoms with E-state index in [-0.39, 0.29) is 0 Å². The monoisotopic (exact) mass is 459 g/mol. The number of rotatable bonds is 4. The molecule has 1 aromatic carbocycles. The van der Waals surface area contributed by atoms with Gasteiger partial charge < -0.3 is 9.64 Å². The number of hydrogen-bond acceptors (Lipinski definition) is 7. The molecule has 1 saturated heterocycles. The fourth-order valence-corrected chi connectivity index (χ4v) is 4.23. The quantitative estimate of drug-likeness (QED) is 0.397. The first-order chi connectivity index (χ1) is 17.3. The van der Waals surface area contributed by atoms with Crippen molar-refractivity contribution < 1.29 is 4.74 Å². The average Bonchev–Trinajstić information content (AvgIpc) is 3.36. The third-order valence-electron chi connectivity index (χ3n) is 6.02. The van der Waals surface area contributed by atoms with Gasteiger partial charge in [0.25, 0.3) is 0 Å². The molecule has 1 aliphatic heterocycles. The van der Waals surface area contributed by atoms with Crippen molar-refractivity contribution in [3.05, 3.63) is 84.2 Å². The van der Waals surface area contributed by atoms with Crippen LogP contribution in [0.5, 0.6) is 0 Å². The van der Waals surface area contributed by atoms with Crippen LogP contribution in [0, 0.1) is 11.3 Å². The van der Waals surface area contributed by atoms with E-state index in [0.717, 1.165) is 58.1 Å². The number of benzene rings is 1. The van der Waals surface area contributed by atoms with E-state index in [1.54, 1.807) is 12.3 Å². The van der Waals surface area contributed by atoms with Crippen LogP contribution in [0.25, 0.3) is 40.0 Å². The molecule has 6 rings (SSSR count). The van der Waals surface area contributed by atoms with E-state index in [1.165, 1.54) is 0 Å². The first-order valence-corrected chi connectivity index (χ1v) is 11.4. The van der Waals surface area contributed by atoms with Crippen molar-refractivity contribution in [3.8, 4) is 17.3 Å². The number of nitrogens with zero attached hydrogens (tertiary/aromatic N) is 7. The van der Waals surface area contributed by atoms with Gasteiger partial charge in [0.15, 0.2) is 11.5 Å². The molecule has 1 aliphatic rings. The van der Waals surface area contributed by atoms with Crippen molar-refractivity contribution >= 4 is 34.5 Å². The number of para-hydroxylation sites is 1. The molecule has 1 fully saturated rings. The molecule has 0 radical (unpaired) electrons. The zero-order valence-electron chi connectivity index (χ0n) is 18.9. The molecular weight excluding hydrogens is 438 g/mol. The third kappa shape index (κ3) is 4.09. The lowest BCUT2D eigenvalue weighted by Gasteiger charge is -2.28. The standard InChI is InChI=1S/C27H21N7O/c28-15-22-8-6-20(16-29-22)25-17-30-26(33-11-13-35-14-12-33)27-32-23(18-34(25)27)10-9-21-7-5-19-3-1-2-4-24(19)31-21/h1-10,16-18H,11-14H2/b10-9+. The maximum absolute atomic E-state index is 9.10. The van der Waals surface area contributed by atoms with Crippen LogP contribution in [-0.4, -0.2) is 50.6 Å². The normalized spacial score (nSPS) is 14.1. The third-order valence-corrected chi connectivity index (χ3v) is 6.02. The van der Waals surface area contributed by atoms with Crippen LogP contribution in [0.2, 0.25) is 0 Å². The number of anilines is 1. The summed E-state index contributed by atoms with van der Waals surface area (Å²) in [5.41, 5.74) is 5.47. The average molecular weight is 460 g/mol. The van der Waals surface area contributed by atoms with Gasteiger partial charge in [0.1, 0.15) is 11.8 Å². The maximum atomic E-state index is 9.10. The summed E-state index contributed by atoms with van der Waals surface area (Å²) in [7, 11) is 0.